The van der Waals surface area contributed by atoms with E-state index in [4.69, 9.17) is 0 Å². The lowest BCUT2D eigenvalue weighted by Crippen LogP contribution is -2.17. The molecule has 0 radical (unpaired) electrons. The lowest BCUT2D eigenvalue weighted by atomic mass is 10.0. The highest BCUT2D eigenvalue weighted by Gasteiger charge is 2.17. The van der Waals surface area contributed by atoms with E-state index < -0.39 is 0 Å². The second-order valence-electron chi connectivity index (χ2n) is 4.18. The SMILES string of the molecule is C/C=C1/CCc2ccccc2N(C)/C1=C/C.CC.CC. The highest BCUT2D eigenvalue weighted by atomic mass is 15.1. The number of likely N-dealkylation sites (N-methyl/N-ethyl adjacent to an activating group) is 1. The van der Waals surface area contributed by atoms with Crippen molar-refractivity contribution in [1.82, 2.24) is 0 Å². The molecule has 0 aliphatic carbocycles. The summed E-state index contributed by atoms with van der Waals surface area (Å²) >= 11 is 0. The van der Waals surface area contributed by atoms with Crippen LogP contribution in [0.2, 0.25) is 0 Å². The molecule has 0 atom stereocenters. The predicted molar refractivity (Wildman–Crippen MR) is 93.4 cm³/mol. The van der Waals surface area contributed by atoms with E-state index in [1.54, 1.807) is 0 Å². The fourth-order valence-corrected chi connectivity index (χ4v) is 2.46. The van der Waals surface area contributed by atoms with Crippen molar-refractivity contribution in [2.75, 3.05) is 11.9 Å². The molecule has 0 saturated carbocycles. The third-order valence-corrected chi connectivity index (χ3v) is 3.33. The number of benzene rings is 1. The number of fused-ring (bicyclic) bond motifs is 1. The Hall–Kier alpha value is -1.50. The Balaban J connectivity index is 0.000000829. The van der Waals surface area contributed by atoms with Crippen LogP contribution in [0.15, 0.2) is 47.7 Å². The van der Waals surface area contributed by atoms with Crippen LogP contribution < -0.4 is 4.90 Å². The summed E-state index contributed by atoms with van der Waals surface area (Å²) in [4.78, 5) is 2.30. The number of hydrogen-bond acceptors (Lipinski definition) is 1. The van der Waals surface area contributed by atoms with Crippen molar-refractivity contribution in [2.24, 2.45) is 0 Å². The average Bonchev–Trinajstić information content (AvgIpc) is 2.68. The van der Waals surface area contributed by atoms with Crippen LogP contribution in [0.5, 0.6) is 0 Å². The van der Waals surface area contributed by atoms with Gasteiger partial charge in [0.1, 0.15) is 0 Å². The molecule has 1 aliphatic rings. The molecular formula is C19H31N. The lowest BCUT2D eigenvalue weighted by Gasteiger charge is -2.23. The molecule has 0 amide bonds. The van der Waals surface area contributed by atoms with Gasteiger partial charge in [0.2, 0.25) is 0 Å². The van der Waals surface area contributed by atoms with Gasteiger partial charge in [-0.15, -0.1) is 0 Å². The van der Waals surface area contributed by atoms with Gasteiger partial charge < -0.3 is 4.90 Å². The van der Waals surface area contributed by atoms with E-state index in [-0.39, 0.29) is 0 Å². The number of hydrogen-bond donors (Lipinski definition) is 0. The van der Waals surface area contributed by atoms with Gasteiger partial charge in [-0.2, -0.15) is 0 Å². The normalized spacial score (nSPS) is 17.4. The van der Waals surface area contributed by atoms with Gasteiger partial charge in [-0.25, -0.2) is 0 Å². The molecule has 0 aromatic heterocycles. The molecule has 0 fully saturated rings. The monoisotopic (exact) mass is 273 g/mol. The van der Waals surface area contributed by atoms with Crippen molar-refractivity contribution in [1.29, 1.82) is 0 Å². The molecule has 1 heteroatoms. The van der Waals surface area contributed by atoms with Crippen LogP contribution in [0.25, 0.3) is 0 Å². The molecule has 1 aromatic rings. The van der Waals surface area contributed by atoms with Crippen molar-refractivity contribution in [2.45, 2.75) is 54.4 Å². The summed E-state index contributed by atoms with van der Waals surface area (Å²) < 4.78 is 0. The number of para-hydroxylation sites is 1. The van der Waals surface area contributed by atoms with Gasteiger partial charge >= 0.3 is 0 Å². The smallest absolute Gasteiger partial charge is 0.0440 e. The molecule has 0 unspecified atom stereocenters. The number of anilines is 1. The van der Waals surface area contributed by atoms with Crippen LogP contribution in [0, 0.1) is 0 Å². The summed E-state index contributed by atoms with van der Waals surface area (Å²) in [5, 5.41) is 0. The van der Waals surface area contributed by atoms with Gasteiger partial charge in [0, 0.05) is 18.4 Å². The number of aryl methyl sites for hydroxylation is 1. The molecule has 112 valence electrons. The lowest BCUT2D eigenvalue weighted by molar-refractivity contribution is 0.962. The number of rotatable bonds is 0. The van der Waals surface area contributed by atoms with Crippen LogP contribution >= 0.6 is 0 Å². The van der Waals surface area contributed by atoms with E-state index in [9.17, 15) is 0 Å². The molecule has 20 heavy (non-hydrogen) atoms. The molecule has 0 spiro atoms. The standard InChI is InChI=1S/C15H19N.2C2H6/c1-4-12-10-11-13-8-6-7-9-15(13)16(3)14(12)5-2;2*1-2/h4-9H,10-11H2,1-3H3;2*1-2H3/b12-4-,14-5+;;. The molecule has 1 aliphatic heterocycles. The highest BCUT2D eigenvalue weighted by molar-refractivity contribution is 5.62. The second-order valence-corrected chi connectivity index (χ2v) is 4.18. The molecule has 2 rings (SSSR count). The van der Waals surface area contributed by atoms with Gasteiger partial charge in [0.25, 0.3) is 0 Å². The van der Waals surface area contributed by atoms with Crippen LogP contribution in [0.1, 0.15) is 53.5 Å². The molecule has 0 N–H and O–H groups in total. The van der Waals surface area contributed by atoms with Crippen molar-refractivity contribution < 1.29 is 0 Å². The summed E-state index contributed by atoms with van der Waals surface area (Å²) in [5.74, 6) is 0. The number of allylic oxidation sites excluding steroid dienone is 3. The van der Waals surface area contributed by atoms with Crippen LogP contribution in [-0.2, 0) is 6.42 Å². The highest BCUT2D eigenvalue weighted by Crippen LogP contribution is 2.32. The fourth-order valence-electron chi connectivity index (χ4n) is 2.46. The first kappa shape index (κ1) is 18.5. The molecule has 0 bridgehead atoms. The Morgan fingerprint density at radius 1 is 0.900 bits per heavy atom. The zero-order valence-corrected chi connectivity index (χ0v) is 14.3. The van der Waals surface area contributed by atoms with E-state index in [0.29, 0.717) is 0 Å². The third-order valence-electron chi connectivity index (χ3n) is 3.33. The van der Waals surface area contributed by atoms with Gasteiger partial charge in [0.15, 0.2) is 0 Å². The van der Waals surface area contributed by atoms with Crippen LogP contribution in [0.4, 0.5) is 5.69 Å². The molecule has 1 heterocycles. The van der Waals surface area contributed by atoms with Crippen LogP contribution in [0.3, 0.4) is 0 Å². The number of nitrogens with zero attached hydrogens (tertiary/aromatic N) is 1. The maximum atomic E-state index is 2.30. The molecular weight excluding hydrogens is 242 g/mol. The topological polar surface area (TPSA) is 3.24 Å². The maximum Gasteiger partial charge on any atom is 0.0440 e. The largest absolute Gasteiger partial charge is 0.344 e. The molecule has 0 saturated heterocycles. The van der Waals surface area contributed by atoms with E-state index in [0.717, 1.165) is 12.8 Å². The van der Waals surface area contributed by atoms with E-state index in [1.165, 1.54) is 22.5 Å². The Kier molecular flexibility index (Phi) is 9.53. The summed E-state index contributed by atoms with van der Waals surface area (Å²) in [7, 11) is 2.16. The summed E-state index contributed by atoms with van der Waals surface area (Å²) in [6, 6.07) is 8.68. The van der Waals surface area contributed by atoms with E-state index in [2.05, 4.69) is 62.2 Å². The van der Waals surface area contributed by atoms with Gasteiger partial charge in [-0.3, -0.25) is 0 Å². The minimum absolute atomic E-state index is 1.14. The van der Waals surface area contributed by atoms with E-state index in [1.807, 2.05) is 27.7 Å². The molecule has 1 nitrogen and oxygen atoms in total. The summed E-state index contributed by atoms with van der Waals surface area (Å²) in [6.45, 7) is 12.2. The predicted octanol–water partition coefficient (Wildman–Crippen LogP) is 5.97. The first-order valence-corrected chi connectivity index (χ1v) is 7.91. The fraction of sp³-hybridized carbons (Fsp3) is 0.474. The summed E-state index contributed by atoms with van der Waals surface area (Å²) in [6.07, 6.45) is 6.71. The van der Waals surface area contributed by atoms with Gasteiger partial charge in [-0.1, -0.05) is 58.0 Å². The van der Waals surface area contributed by atoms with Gasteiger partial charge in [-0.05, 0) is 43.9 Å². The quantitative estimate of drug-likeness (QED) is 0.562. The van der Waals surface area contributed by atoms with Crippen molar-refractivity contribution in [3.63, 3.8) is 0 Å². The Morgan fingerprint density at radius 3 is 2.05 bits per heavy atom. The summed E-state index contributed by atoms with van der Waals surface area (Å²) in [5.41, 5.74) is 5.57. The zero-order chi connectivity index (χ0) is 15.5. The first-order chi connectivity index (χ1) is 9.77. The van der Waals surface area contributed by atoms with Crippen molar-refractivity contribution in [3.05, 3.63) is 53.3 Å². The molecule has 1 aromatic carbocycles. The van der Waals surface area contributed by atoms with Gasteiger partial charge in [0.05, 0.1) is 0 Å². The minimum atomic E-state index is 1.14. The zero-order valence-electron chi connectivity index (χ0n) is 14.3. The first-order valence-electron chi connectivity index (χ1n) is 7.91. The van der Waals surface area contributed by atoms with E-state index >= 15 is 0 Å². The second kappa shape index (κ2) is 10.3. The maximum absolute atomic E-state index is 2.30. The Bertz CT molecular complexity index is 441. The van der Waals surface area contributed by atoms with Crippen molar-refractivity contribution in [3.8, 4) is 0 Å². The van der Waals surface area contributed by atoms with Crippen LogP contribution in [-0.4, -0.2) is 7.05 Å². The Labute approximate surface area is 126 Å². The average molecular weight is 273 g/mol. The minimum Gasteiger partial charge on any atom is -0.344 e. The third kappa shape index (κ3) is 4.26. The van der Waals surface area contributed by atoms with Crippen molar-refractivity contribution >= 4 is 5.69 Å². The Morgan fingerprint density at radius 2 is 1.50 bits per heavy atom.